The lowest BCUT2D eigenvalue weighted by Crippen LogP contribution is -2.32. The minimum Gasteiger partial charge on any atom is -0.377 e. The van der Waals surface area contributed by atoms with Crippen molar-refractivity contribution in [2.24, 2.45) is 0 Å². The molecule has 1 saturated heterocycles. The van der Waals surface area contributed by atoms with E-state index < -0.39 is 44.4 Å². The maximum absolute atomic E-state index is 13.0. The molecule has 1 aromatic carbocycles. The van der Waals surface area contributed by atoms with Gasteiger partial charge in [-0.1, -0.05) is 0 Å². The summed E-state index contributed by atoms with van der Waals surface area (Å²) in [5.74, 6) is -3.73. The van der Waals surface area contributed by atoms with E-state index in [-0.39, 0.29) is 5.56 Å². The highest BCUT2D eigenvalue weighted by atomic mass is 32.2. The van der Waals surface area contributed by atoms with Crippen molar-refractivity contribution in [1.82, 2.24) is 0 Å². The van der Waals surface area contributed by atoms with Crippen LogP contribution in [0.3, 0.4) is 0 Å². The molecular weight excluding hydrogens is 290 g/mol. The van der Waals surface area contributed by atoms with E-state index in [0.717, 1.165) is 12.1 Å². The fourth-order valence-electron chi connectivity index (χ4n) is 2.23. The standard InChI is InChI=1S/C13H14F2O4S/c1-8-13(4-5-19-8)20(17,18)7-12(16)9-2-3-10(14)11(15)6-9/h2-3,6,8,13H,4-5,7H2,1H3. The van der Waals surface area contributed by atoms with Gasteiger partial charge in [0.1, 0.15) is 5.75 Å². The minimum absolute atomic E-state index is 0.154. The third-order valence-electron chi connectivity index (χ3n) is 3.34. The molecule has 4 nitrogen and oxygen atoms in total. The van der Waals surface area contributed by atoms with Crippen LogP contribution < -0.4 is 0 Å². The first-order valence-corrected chi connectivity index (χ1v) is 7.84. The highest BCUT2D eigenvalue weighted by molar-refractivity contribution is 7.92. The van der Waals surface area contributed by atoms with Gasteiger partial charge in [-0.3, -0.25) is 4.79 Å². The van der Waals surface area contributed by atoms with Gasteiger partial charge < -0.3 is 4.74 Å². The van der Waals surface area contributed by atoms with Crippen LogP contribution in [0.1, 0.15) is 23.7 Å². The number of halogens is 2. The number of hydrogen-bond acceptors (Lipinski definition) is 4. The van der Waals surface area contributed by atoms with E-state index in [9.17, 15) is 22.0 Å². The Morgan fingerprint density at radius 1 is 1.35 bits per heavy atom. The van der Waals surface area contributed by atoms with Gasteiger partial charge >= 0.3 is 0 Å². The van der Waals surface area contributed by atoms with Gasteiger partial charge in [0.2, 0.25) is 0 Å². The lowest BCUT2D eigenvalue weighted by molar-refractivity contribution is 0.101. The van der Waals surface area contributed by atoms with Crippen molar-refractivity contribution in [1.29, 1.82) is 0 Å². The summed E-state index contributed by atoms with van der Waals surface area (Å²) in [5, 5.41) is -0.725. The highest BCUT2D eigenvalue weighted by Crippen LogP contribution is 2.22. The number of carbonyl (C=O) groups excluding carboxylic acids is 1. The number of hydrogen-bond donors (Lipinski definition) is 0. The number of rotatable bonds is 4. The zero-order chi connectivity index (χ0) is 14.9. The van der Waals surface area contributed by atoms with Crippen LogP contribution in [0.15, 0.2) is 18.2 Å². The second-order valence-corrected chi connectivity index (χ2v) is 6.98. The van der Waals surface area contributed by atoms with E-state index in [1.54, 1.807) is 6.92 Å². The lowest BCUT2D eigenvalue weighted by atomic mass is 10.1. The Labute approximate surface area is 115 Å². The van der Waals surface area contributed by atoms with Crippen molar-refractivity contribution in [2.75, 3.05) is 12.4 Å². The summed E-state index contributed by atoms with van der Waals surface area (Å²) in [6.07, 6.45) is -0.119. The smallest absolute Gasteiger partial charge is 0.177 e. The second-order valence-electron chi connectivity index (χ2n) is 4.76. The second kappa shape index (κ2) is 5.57. The fourth-order valence-corrected chi connectivity index (χ4v) is 4.09. The van der Waals surface area contributed by atoms with Crippen LogP contribution in [0, 0.1) is 11.6 Å². The van der Waals surface area contributed by atoms with Crippen LogP contribution in [0.25, 0.3) is 0 Å². The van der Waals surface area contributed by atoms with Crippen LogP contribution in [0.5, 0.6) is 0 Å². The molecule has 1 heterocycles. The molecule has 1 fully saturated rings. The molecule has 1 aromatic rings. The Hall–Kier alpha value is -1.34. The first-order valence-electron chi connectivity index (χ1n) is 6.12. The average molecular weight is 304 g/mol. The van der Waals surface area contributed by atoms with Gasteiger partial charge in [-0.25, -0.2) is 17.2 Å². The van der Waals surface area contributed by atoms with Crippen molar-refractivity contribution in [3.63, 3.8) is 0 Å². The Kier molecular flexibility index (Phi) is 4.19. The molecule has 110 valence electrons. The Morgan fingerprint density at radius 2 is 2.05 bits per heavy atom. The van der Waals surface area contributed by atoms with Crippen molar-refractivity contribution in [3.8, 4) is 0 Å². The first-order chi connectivity index (χ1) is 9.31. The maximum Gasteiger partial charge on any atom is 0.177 e. The zero-order valence-corrected chi connectivity index (χ0v) is 11.6. The van der Waals surface area contributed by atoms with Gasteiger partial charge in [-0.15, -0.1) is 0 Å². The van der Waals surface area contributed by atoms with Crippen LogP contribution in [-0.4, -0.2) is 37.9 Å². The molecule has 0 spiro atoms. The predicted octanol–water partition coefficient (Wildman–Crippen LogP) is 1.74. The first kappa shape index (κ1) is 15.1. The Bertz CT molecular complexity index is 627. The summed E-state index contributed by atoms with van der Waals surface area (Å²) < 4.78 is 55.2. The van der Waals surface area contributed by atoms with Crippen LogP contribution in [-0.2, 0) is 14.6 Å². The number of carbonyl (C=O) groups is 1. The van der Waals surface area contributed by atoms with Crippen molar-refractivity contribution < 1.29 is 26.7 Å². The predicted molar refractivity (Wildman–Crippen MR) is 68.3 cm³/mol. The molecule has 0 aromatic heterocycles. The molecule has 0 aliphatic carbocycles. The molecule has 0 bridgehead atoms. The normalized spacial score (nSPS) is 22.9. The molecule has 1 aliphatic heterocycles. The van der Waals surface area contributed by atoms with E-state index in [4.69, 9.17) is 4.74 Å². The molecular formula is C13H14F2O4S. The maximum atomic E-state index is 13.0. The van der Waals surface area contributed by atoms with Gasteiger partial charge in [-0.2, -0.15) is 0 Å². The molecule has 2 atom stereocenters. The molecule has 0 saturated carbocycles. The van der Waals surface area contributed by atoms with Crippen LogP contribution in [0.4, 0.5) is 8.78 Å². The van der Waals surface area contributed by atoms with Gasteiger partial charge in [0.05, 0.1) is 11.4 Å². The quantitative estimate of drug-likeness (QED) is 0.795. The van der Waals surface area contributed by atoms with Gasteiger partial charge in [0, 0.05) is 12.2 Å². The minimum atomic E-state index is -3.67. The molecule has 7 heteroatoms. The van der Waals surface area contributed by atoms with Crippen molar-refractivity contribution in [2.45, 2.75) is 24.7 Å². The van der Waals surface area contributed by atoms with E-state index in [0.29, 0.717) is 19.1 Å². The summed E-state index contributed by atoms with van der Waals surface area (Å²) in [4.78, 5) is 11.9. The SMILES string of the molecule is CC1OCCC1S(=O)(=O)CC(=O)c1ccc(F)c(F)c1. The topological polar surface area (TPSA) is 60.4 Å². The zero-order valence-electron chi connectivity index (χ0n) is 10.8. The van der Waals surface area contributed by atoms with E-state index in [1.165, 1.54) is 0 Å². The van der Waals surface area contributed by atoms with Gasteiger partial charge in [0.15, 0.2) is 27.3 Å². The van der Waals surface area contributed by atoms with Crippen LogP contribution in [0.2, 0.25) is 0 Å². The molecule has 0 amide bonds. The third kappa shape index (κ3) is 3.04. The summed E-state index contributed by atoms with van der Waals surface area (Å²) in [7, 11) is -3.67. The third-order valence-corrected chi connectivity index (χ3v) is 5.55. The summed E-state index contributed by atoms with van der Waals surface area (Å²) >= 11 is 0. The van der Waals surface area contributed by atoms with E-state index in [2.05, 4.69) is 0 Å². The van der Waals surface area contributed by atoms with Gasteiger partial charge in [0.25, 0.3) is 0 Å². The van der Waals surface area contributed by atoms with E-state index in [1.807, 2.05) is 0 Å². The molecule has 0 N–H and O–H groups in total. The van der Waals surface area contributed by atoms with E-state index >= 15 is 0 Å². The molecule has 2 rings (SSSR count). The Balaban J connectivity index is 2.16. The number of benzene rings is 1. The Morgan fingerprint density at radius 3 is 2.60 bits per heavy atom. The summed E-state index contributed by atoms with van der Waals surface area (Å²) in [5.41, 5.74) is -0.154. The number of ether oxygens (including phenoxy) is 1. The van der Waals surface area contributed by atoms with Crippen LogP contribution >= 0.6 is 0 Å². The molecule has 20 heavy (non-hydrogen) atoms. The number of sulfone groups is 1. The molecule has 0 radical (unpaired) electrons. The monoisotopic (exact) mass is 304 g/mol. The lowest BCUT2D eigenvalue weighted by Gasteiger charge is -2.14. The van der Waals surface area contributed by atoms with Crippen molar-refractivity contribution >= 4 is 15.6 Å². The molecule has 1 aliphatic rings. The number of ketones is 1. The summed E-state index contributed by atoms with van der Waals surface area (Å²) in [6, 6.07) is 2.59. The number of Topliss-reactive ketones (excluding diaryl/α,β-unsaturated/α-hetero) is 1. The fraction of sp³-hybridized carbons (Fsp3) is 0.462. The highest BCUT2D eigenvalue weighted by Gasteiger charge is 2.37. The van der Waals surface area contributed by atoms with Crippen molar-refractivity contribution in [3.05, 3.63) is 35.4 Å². The summed E-state index contributed by atoms with van der Waals surface area (Å²) in [6.45, 7) is 1.97. The van der Waals surface area contributed by atoms with Gasteiger partial charge in [-0.05, 0) is 31.5 Å². The molecule has 2 unspecified atom stereocenters. The average Bonchev–Trinajstić information content (AvgIpc) is 2.79. The largest absolute Gasteiger partial charge is 0.377 e.